The molecule has 0 spiro atoms. The number of hydrogen-bond acceptors (Lipinski definition) is 2. The van der Waals surface area contributed by atoms with Crippen LogP contribution < -0.4 is 0 Å². The van der Waals surface area contributed by atoms with Crippen molar-refractivity contribution in [3.05, 3.63) is 0 Å². The van der Waals surface area contributed by atoms with Gasteiger partial charge in [0.05, 0.1) is 6.10 Å². The van der Waals surface area contributed by atoms with Crippen LogP contribution in [-0.2, 0) is 4.74 Å². The Labute approximate surface area is 82.3 Å². The molecule has 1 fully saturated rings. The van der Waals surface area contributed by atoms with Gasteiger partial charge in [0.1, 0.15) is 0 Å². The second kappa shape index (κ2) is 3.97. The van der Waals surface area contributed by atoms with Crippen molar-refractivity contribution >= 4 is 0 Å². The smallest absolute Gasteiger partial charge is 0.0713 e. The molecule has 1 aliphatic rings. The minimum absolute atomic E-state index is 0.432. The summed E-state index contributed by atoms with van der Waals surface area (Å²) >= 11 is 0. The van der Waals surface area contributed by atoms with E-state index in [1.165, 1.54) is 12.8 Å². The van der Waals surface area contributed by atoms with Gasteiger partial charge in [0.15, 0.2) is 0 Å². The van der Waals surface area contributed by atoms with Crippen molar-refractivity contribution < 1.29 is 4.74 Å². The first-order valence-corrected chi connectivity index (χ1v) is 5.15. The molecule has 0 N–H and O–H groups in total. The van der Waals surface area contributed by atoms with E-state index in [4.69, 9.17) is 4.74 Å². The highest BCUT2D eigenvalue weighted by Crippen LogP contribution is 2.29. The lowest BCUT2D eigenvalue weighted by Crippen LogP contribution is -2.29. The van der Waals surface area contributed by atoms with Crippen LogP contribution in [0.5, 0.6) is 0 Å². The standard InChI is InChI=1S/C11H23NO/c1-11(2,3)7-9-6-10(13-5)8-12(9)4/h9-10H,6-8H2,1-5H3. The number of likely N-dealkylation sites (N-methyl/N-ethyl adjacent to an activating group) is 1. The van der Waals surface area contributed by atoms with Crippen LogP contribution in [0.3, 0.4) is 0 Å². The maximum atomic E-state index is 5.38. The van der Waals surface area contributed by atoms with Gasteiger partial charge in [-0.25, -0.2) is 0 Å². The van der Waals surface area contributed by atoms with Crippen molar-refractivity contribution in [2.24, 2.45) is 5.41 Å². The van der Waals surface area contributed by atoms with Gasteiger partial charge in [-0.3, -0.25) is 0 Å². The van der Waals surface area contributed by atoms with Crippen molar-refractivity contribution in [2.75, 3.05) is 20.7 Å². The normalized spacial score (nSPS) is 31.2. The summed E-state index contributed by atoms with van der Waals surface area (Å²) in [5.74, 6) is 0. The average Bonchev–Trinajstić information content (AvgIpc) is 2.29. The third-order valence-corrected chi connectivity index (χ3v) is 2.83. The number of likely N-dealkylation sites (tertiary alicyclic amines) is 1. The highest BCUT2D eigenvalue weighted by molar-refractivity contribution is 4.86. The second-order valence-electron chi connectivity index (χ2n) is 5.45. The van der Waals surface area contributed by atoms with Crippen LogP contribution >= 0.6 is 0 Å². The van der Waals surface area contributed by atoms with Crippen LogP contribution in [0.2, 0.25) is 0 Å². The molecule has 13 heavy (non-hydrogen) atoms. The molecule has 0 saturated carbocycles. The number of rotatable bonds is 2. The Bertz CT molecular complexity index is 162. The van der Waals surface area contributed by atoms with E-state index >= 15 is 0 Å². The first kappa shape index (κ1) is 11.0. The van der Waals surface area contributed by atoms with Crippen LogP contribution in [0.1, 0.15) is 33.6 Å². The van der Waals surface area contributed by atoms with E-state index in [-0.39, 0.29) is 0 Å². The molecule has 2 nitrogen and oxygen atoms in total. The summed E-state index contributed by atoms with van der Waals surface area (Å²) in [5.41, 5.74) is 0.432. The van der Waals surface area contributed by atoms with Crippen LogP contribution in [0.25, 0.3) is 0 Å². The molecule has 0 aromatic heterocycles. The lowest BCUT2D eigenvalue weighted by Gasteiger charge is -2.27. The molecule has 2 heteroatoms. The van der Waals surface area contributed by atoms with Gasteiger partial charge < -0.3 is 9.64 Å². The Kier molecular flexibility index (Phi) is 3.36. The molecule has 78 valence electrons. The number of methoxy groups -OCH3 is 1. The Balaban J connectivity index is 2.44. The monoisotopic (exact) mass is 185 g/mol. The molecule has 1 aliphatic heterocycles. The molecule has 1 saturated heterocycles. The molecule has 2 atom stereocenters. The molecule has 0 aromatic carbocycles. The average molecular weight is 185 g/mol. The highest BCUT2D eigenvalue weighted by Gasteiger charge is 2.31. The van der Waals surface area contributed by atoms with Crippen LogP contribution in [-0.4, -0.2) is 37.7 Å². The van der Waals surface area contributed by atoms with Gasteiger partial charge in [0, 0.05) is 19.7 Å². The van der Waals surface area contributed by atoms with E-state index < -0.39 is 0 Å². The largest absolute Gasteiger partial charge is 0.380 e. The number of nitrogens with zero attached hydrogens (tertiary/aromatic N) is 1. The highest BCUT2D eigenvalue weighted by atomic mass is 16.5. The summed E-state index contributed by atoms with van der Waals surface area (Å²) in [6.45, 7) is 8.01. The van der Waals surface area contributed by atoms with E-state index in [0.29, 0.717) is 17.6 Å². The minimum Gasteiger partial charge on any atom is -0.380 e. The van der Waals surface area contributed by atoms with Gasteiger partial charge in [-0.1, -0.05) is 20.8 Å². The van der Waals surface area contributed by atoms with Crippen LogP contribution in [0, 0.1) is 5.41 Å². The zero-order valence-corrected chi connectivity index (χ0v) is 9.63. The van der Waals surface area contributed by atoms with E-state index in [1.54, 1.807) is 0 Å². The van der Waals surface area contributed by atoms with E-state index in [9.17, 15) is 0 Å². The third kappa shape index (κ3) is 3.28. The van der Waals surface area contributed by atoms with Gasteiger partial charge in [0.2, 0.25) is 0 Å². The first-order valence-electron chi connectivity index (χ1n) is 5.15. The molecule has 0 aliphatic carbocycles. The molecule has 2 unspecified atom stereocenters. The lowest BCUT2D eigenvalue weighted by molar-refractivity contribution is 0.111. The van der Waals surface area contributed by atoms with Gasteiger partial charge in [-0.05, 0) is 25.3 Å². The Hall–Kier alpha value is -0.0800. The fourth-order valence-electron chi connectivity index (χ4n) is 2.15. The number of hydrogen-bond donors (Lipinski definition) is 0. The minimum atomic E-state index is 0.432. The number of ether oxygens (including phenoxy) is 1. The van der Waals surface area contributed by atoms with Crippen molar-refractivity contribution in [2.45, 2.75) is 45.8 Å². The zero-order chi connectivity index (χ0) is 10.1. The van der Waals surface area contributed by atoms with E-state index in [2.05, 4.69) is 32.7 Å². The van der Waals surface area contributed by atoms with E-state index in [1.807, 2.05) is 7.11 Å². The maximum absolute atomic E-state index is 5.38. The van der Waals surface area contributed by atoms with Crippen molar-refractivity contribution in [3.8, 4) is 0 Å². The van der Waals surface area contributed by atoms with Gasteiger partial charge in [-0.2, -0.15) is 0 Å². The lowest BCUT2D eigenvalue weighted by atomic mass is 9.87. The van der Waals surface area contributed by atoms with Crippen molar-refractivity contribution in [3.63, 3.8) is 0 Å². The van der Waals surface area contributed by atoms with E-state index in [0.717, 1.165) is 6.54 Å². The summed E-state index contributed by atoms with van der Waals surface area (Å²) < 4.78 is 5.38. The fourth-order valence-corrected chi connectivity index (χ4v) is 2.15. The quantitative estimate of drug-likeness (QED) is 0.653. The predicted molar refractivity (Wildman–Crippen MR) is 55.9 cm³/mol. The van der Waals surface area contributed by atoms with Crippen molar-refractivity contribution in [1.29, 1.82) is 0 Å². The molecule has 0 bridgehead atoms. The maximum Gasteiger partial charge on any atom is 0.0713 e. The summed E-state index contributed by atoms with van der Waals surface area (Å²) in [7, 11) is 4.02. The van der Waals surface area contributed by atoms with Crippen LogP contribution in [0.4, 0.5) is 0 Å². The molecule has 1 heterocycles. The summed E-state index contributed by atoms with van der Waals surface area (Å²) in [6.07, 6.45) is 2.92. The Morgan fingerprint density at radius 3 is 2.38 bits per heavy atom. The SMILES string of the molecule is COC1CC(CC(C)(C)C)N(C)C1. The topological polar surface area (TPSA) is 12.5 Å². The molecular weight excluding hydrogens is 162 g/mol. The van der Waals surface area contributed by atoms with Gasteiger partial charge >= 0.3 is 0 Å². The summed E-state index contributed by atoms with van der Waals surface area (Å²) in [6, 6.07) is 0.713. The van der Waals surface area contributed by atoms with Gasteiger partial charge in [0.25, 0.3) is 0 Å². The second-order valence-corrected chi connectivity index (χ2v) is 5.45. The molecule has 0 aromatic rings. The van der Waals surface area contributed by atoms with Crippen molar-refractivity contribution in [1.82, 2.24) is 4.90 Å². The zero-order valence-electron chi connectivity index (χ0n) is 9.63. The van der Waals surface area contributed by atoms with Gasteiger partial charge in [-0.15, -0.1) is 0 Å². The molecule has 0 amide bonds. The van der Waals surface area contributed by atoms with Crippen LogP contribution in [0.15, 0.2) is 0 Å². The Morgan fingerprint density at radius 2 is 2.00 bits per heavy atom. The fraction of sp³-hybridized carbons (Fsp3) is 1.00. The molecular formula is C11H23NO. The summed E-state index contributed by atoms with van der Waals surface area (Å²) in [4.78, 5) is 2.43. The summed E-state index contributed by atoms with van der Waals surface area (Å²) in [5, 5.41) is 0. The third-order valence-electron chi connectivity index (χ3n) is 2.83. The first-order chi connectivity index (χ1) is 5.92. The molecule has 0 radical (unpaired) electrons. The Morgan fingerprint density at radius 1 is 1.38 bits per heavy atom. The molecule has 1 rings (SSSR count). The predicted octanol–water partition coefficient (Wildman–Crippen LogP) is 2.14.